The van der Waals surface area contributed by atoms with Crippen LogP contribution >= 0.6 is 0 Å². The molecule has 2 aliphatic carbocycles. The molecule has 0 bridgehead atoms. The predicted molar refractivity (Wildman–Crippen MR) is 133 cm³/mol. The van der Waals surface area contributed by atoms with Crippen LogP contribution in [-0.2, 0) is 16.1 Å². The van der Waals surface area contributed by atoms with Gasteiger partial charge in [-0.2, -0.15) is 5.01 Å². The molecule has 35 heavy (non-hydrogen) atoms. The predicted octanol–water partition coefficient (Wildman–Crippen LogP) is 4.48. The highest BCUT2D eigenvalue weighted by Crippen LogP contribution is 2.43. The van der Waals surface area contributed by atoms with Gasteiger partial charge in [0.25, 0.3) is 5.91 Å². The molecule has 3 heterocycles. The number of piperidine rings is 1. The van der Waals surface area contributed by atoms with Crippen LogP contribution in [0.3, 0.4) is 0 Å². The number of amides is 3. The zero-order chi connectivity index (χ0) is 24.0. The van der Waals surface area contributed by atoms with Crippen molar-refractivity contribution in [3.63, 3.8) is 0 Å². The molecule has 5 aliphatic rings. The second kappa shape index (κ2) is 9.23. The average molecular weight is 479 g/mol. The lowest BCUT2D eigenvalue weighted by atomic mass is 9.75. The summed E-state index contributed by atoms with van der Waals surface area (Å²) in [6, 6.07) is 6.57. The summed E-state index contributed by atoms with van der Waals surface area (Å²) in [6.07, 6.45) is 13.8. The van der Waals surface area contributed by atoms with Crippen LogP contribution in [0.25, 0.3) is 0 Å². The minimum Gasteiger partial charge on any atom is -0.379 e. The highest BCUT2D eigenvalue weighted by atomic mass is 16.2. The van der Waals surface area contributed by atoms with Crippen molar-refractivity contribution < 1.29 is 14.4 Å². The van der Waals surface area contributed by atoms with Crippen LogP contribution in [-0.4, -0.2) is 57.3 Å². The third-order valence-corrected chi connectivity index (χ3v) is 9.14. The zero-order valence-electron chi connectivity index (χ0n) is 20.8. The van der Waals surface area contributed by atoms with E-state index in [2.05, 4.69) is 16.3 Å². The highest BCUT2D eigenvalue weighted by molar-refractivity contribution is 6.05. The summed E-state index contributed by atoms with van der Waals surface area (Å²) in [7, 11) is 0. The van der Waals surface area contributed by atoms with Crippen molar-refractivity contribution in [3.05, 3.63) is 29.3 Å². The van der Waals surface area contributed by atoms with Crippen LogP contribution in [0.1, 0.15) is 99.4 Å². The number of benzene rings is 1. The molecule has 3 aliphatic heterocycles. The number of carbonyl (C=O) groups excluding carboxylic acids is 3. The van der Waals surface area contributed by atoms with Crippen LogP contribution in [0.4, 0.5) is 5.69 Å². The van der Waals surface area contributed by atoms with Gasteiger partial charge in [-0.3, -0.25) is 14.4 Å². The molecule has 7 nitrogen and oxygen atoms in total. The number of hydrogen-bond acceptors (Lipinski definition) is 5. The van der Waals surface area contributed by atoms with Crippen molar-refractivity contribution in [2.45, 2.75) is 102 Å². The number of nitrogens with zero attached hydrogens (tertiary/aromatic N) is 3. The van der Waals surface area contributed by atoms with E-state index in [0.717, 1.165) is 35.0 Å². The van der Waals surface area contributed by atoms with Crippen LogP contribution in [0, 0.1) is 5.92 Å². The molecule has 2 saturated heterocycles. The Labute approximate surface area is 208 Å². The molecule has 0 unspecified atom stereocenters. The van der Waals surface area contributed by atoms with Gasteiger partial charge in [-0.25, -0.2) is 5.01 Å². The van der Waals surface area contributed by atoms with Gasteiger partial charge in [0, 0.05) is 41.2 Å². The smallest absolute Gasteiger partial charge is 0.273 e. The van der Waals surface area contributed by atoms with Gasteiger partial charge in [0.2, 0.25) is 11.8 Å². The molecule has 0 radical (unpaired) electrons. The summed E-state index contributed by atoms with van der Waals surface area (Å²) in [4.78, 5) is 41.0. The third-order valence-electron chi connectivity index (χ3n) is 9.14. The molecule has 1 aromatic rings. The highest BCUT2D eigenvalue weighted by Gasteiger charge is 2.42. The molecule has 0 spiro atoms. The Hall–Kier alpha value is -2.41. The molecule has 6 rings (SSSR count). The minimum absolute atomic E-state index is 0.0567. The third kappa shape index (κ3) is 4.48. The zero-order valence-corrected chi connectivity index (χ0v) is 20.8. The first-order valence-electron chi connectivity index (χ1n) is 13.8. The Morgan fingerprint density at radius 1 is 0.914 bits per heavy atom. The Morgan fingerprint density at radius 3 is 2.31 bits per heavy atom. The Morgan fingerprint density at radius 2 is 1.63 bits per heavy atom. The van der Waals surface area contributed by atoms with E-state index in [1.807, 2.05) is 12.1 Å². The summed E-state index contributed by atoms with van der Waals surface area (Å²) in [5.41, 5.74) is 2.60. The van der Waals surface area contributed by atoms with Gasteiger partial charge >= 0.3 is 0 Å². The first-order chi connectivity index (χ1) is 17.0. The number of hydrogen-bond donors (Lipinski definition) is 1. The van der Waals surface area contributed by atoms with E-state index >= 15 is 0 Å². The van der Waals surface area contributed by atoms with Crippen molar-refractivity contribution in [1.29, 1.82) is 0 Å². The SMILES string of the molecule is O=C1c2cccc(NC3(CCC4CC4)CCC(N4CCCC4)CC3)c2CN1N1C(=O)CCCC1=O. The molecule has 1 aromatic carbocycles. The lowest BCUT2D eigenvalue weighted by Gasteiger charge is -2.44. The lowest BCUT2D eigenvalue weighted by molar-refractivity contribution is -0.163. The summed E-state index contributed by atoms with van der Waals surface area (Å²) in [6.45, 7) is 2.79. The van der Waals surface area contributed by atoms with Gasteiger partial charge in [-0.15, -0.1) is 0 Å². The first kappa shape index (κ1) is 23.0. The van der Waals surface area contributed by atoms with Crippen molar-refractivity contribution in [2.24, 2.45) is 5.92 Å². The van der Waals surface area contributed by atoms with Gasteiger partial charge in [0.05, 0.1) is 6.54 Å². The number of fused-ring (bicyclic) bond motifs is 1. The van der Waals surface area contributed by atoms with E-state index in [-0.39, 0.29) is 29.8 Å². The summed E-state index contributed by atoms with van der Waals surface area (Å²) >= 11 is 0. The van der Waals surface area contributed by atoms with Gasteiger partial charge in [0.1, 0.15) is 0 Å². The molecule has 0 atom stereocenters. The summed E-state index contributed by atoms with van der Waals surface area (Å²) in [5.74, 6) is 0.118. The number of anilines is 1. The lowest BCUT2D eigenvalue weighted by Crippen LogP contribution is -2.52. The maximum absolute atomic E-state index is 13.3. The van der Waals surface area contributed by atoms with Crippen LogP contribution in [0.15, 0.2) is 18.2 Å². The van der Waals surface area contributed by atoms with Crippen molar-refractivity contribution >= 4 is 23.4 Å². The summed E-state index contributed by atoms with van der Waals surface area (Å²) < 4.78 is 0. The van der Waals surface area contributed by atoms with Crippen LogP contribution < -0.4 is 5.32 Å². The molecule has 2 saturated carbocycles. The molecule has 7 heteroatoms. The van der Waals surface area contributed by atoms with E-state index in [4.69, 9.17) is 0 Å². The fourth-order valence-electron chi connectivity index (χ4n) is 6.84. The molecule has 1 N–H and O–H groups in total. The minimum atomic E-state index is -0.266. The van der Waals surface area contributed by atoms with E-state index < -0.39 is 0 Å². The Kier molecular flexibility index (Phi) is 6.07. The van der Waals surface area contributed by atoms with Crippen molar-refractivity contribution in [2.75, 3.05) is 18.4 Å². The standard InChI is InChI=1S/C28H38N4O3/c33-25-7-4-8-26(34)32(25)31-19-23-22(27(31)35)5-3-6-24(23)29-28(14-11-20-9-10-20)15-12-21(13-16-28)30-17-1-2-18-30/h3,5-6,20-21,29H,1-2,4,7-19H2. The van der Waals surface area contributed by atoms with Gasteiger partial charge in [-0.05, 0) is 88.9 Å². The topological polar surface area (TPSA) is 73.0 Å². The second-order valence-corrected chi connectivity index (χ2v) is 11.5. The van der Waals surface area contributed by atoms with E-state index in [1.165, 1.54) is 69.5 Å². The molecule has 0 aromatic heterocycles. The van der Waals surface area contributed by atoms with Crippen molar-refractivity contribution in [3.8, 4) is 0 Å². The monoisotopic (exact) mass is 478 g/mol. The number of imide groups is 1. The van der Waals surface area contributed by atoms with E-state index in [0.29, 0.717) is 30.9 Å². The Balaban J connectivity index is 1.22. The molecule has 188 valence electrons. The van der Waals surface area contributed by atoms with Crippen LogP contribution in [0.2, 0.25) is 0 Å². The number of nitrogens with one attached hydrogen (secondary N) is 1. The quantitative estimate of drug-likeness (QED) is 0.585. The second-order valence-electron chi connectivity index (χ2n) is 11.5. The fourth-order valence-corrected chi connectivity index (χ4v) is 6.84. The summed E-state index contributed by atoms with van der Waals surface area (Å²) in [5, 5.41) is 6.46. The molecule has 4 fully saturated rings. The number of hydrazine groups is 1. The van der Waals surface area contributed by atoms with Gasteiger partial charge < -0.3 is 10.2 Å². The molecule has 3 amide bonds. The van der Waals surface area contributed by atoms with E-state index in [9.17, 15) is 14.4 Å². The number of likely N-dealkylation sites (tertiary alicyclic amines) is 1. The van der Waals surface area contributed by atoms with E-state index in [1.54, 1.807) is 0 Å². The number of carbonyl (C=O) groups is 3. The number of rotatable bonds is 7. The fraction of sp³-hybridized carbons (Fsp3) is 0.679. The average Bonchev–Trinajstić information content (AvgIpc) is 3.41. The van der Waals surface area contributed by atoms with Gasteiger partial charge in [0.15, 0.2) is 0 Å². The van der Waals surface area contributed by atoms with Crippen LogP contribution in [0.5, 0.6) is 0 Å². The Bertz CT molecular complexity index is 989. The molecular weight excluding hydrogens is 440 g/mol. The van der Waals surface area contributed by atoms with Gasteiger partial charge in [-0.1, -0.05) is 18.9 Å². The molecular formula is C28H38N4O3. The first-order valence-corrected chi connectivity index (χ1v) is 13.8. The van der Waals surface area contributed by atoms with Crippen molar-refractivity contribution in [1.82, 2.24) is 14.9 Å². The maximum atomic E-state index is 13.3. The largest absolute Gasteiger partial charge is 0.379 e. The maximum Gasteiger partial charge on any atom is 0.273 e. The normalized spacial score (nSPS) is 29.7.